The number of nitrogens with zero attached hydrogens (tertiary/aromatic N) is 3. The van der Waals surface area contributed by atoms with E-state index < -0.39 is 10.0 Å². The Balaban J connectivity index is 1.59. The fourth-order valence-electron chi connectivity index (χ4n) is 3.41. The zero-order valence-corrected chi connectivity index (χ0v) is 15.7. The Bertz CT molecular complexity index is 907. The van der Waals surface area contributed by atoms with Gasteiger partial charge in [0.2, 0.25) is 5.09 Å². The molecule has 10 heteroatoms. The Hall–Kier alpha value is -2.17. The Kier molecular flexibility index (Phi) is 5.02. The maximum absolute atomic E-state index is 12.8. The molecule has 2 saturated heterocycles. The summed E-state index contributed by atoms with van der Waals surface area (Å²) in [4.78, 5) is 14.6. The van der Waals surface area contributed by atoms with Crippen molar-refractivity contribution >= 4 is 15.9 Å². The van der Waals surface area contributed by atoms with Crippen molar-refractivity contribution < 1.29 is 22.4 Å². The van der Waals surface area contributed by atoms with Crippen molar-refractivity contribution in [3.05, 3.63) is 23.9 Å². The minimum absolute atomic E-state index is 0.118. The van der Waals surface area contributed by atoms with E-state index in [2.05, 4.69) is 10.2 Å². The fourth-order valence-corrected chi connectivity index (χ4v) is 4.73. The van der Waals surface area contributed by atoms with Gasteiger partial charge in [0, 0.05) is 26.2 Å². The second kappa shape index (κ2) is 7.45. The number of carbonyl (C=O) groups excluding carboxylic acids is 1. The predicted molar refractivity (Wildman–Crippen MR) is 95.6 cm³/mol. The van der Waals surface area contributed by atoms with Crippen LogP contribution in [0.2, 0.25) is 0 Å². The SMILES string of the molecule is O=C(c1cn[nH]c1-c1ccc(S(=O)(=O)N2CCOCC2)o1)N1CCCCC1. The lowest BCUT2D eigenvalue weighted by atomic mass is 10.1. The number of piperidine rings is 1. The number of nitrogens with one attached hydrogen (secondary N) is 1. The molecule has 0 spiro atoms. The van der Waals surface area contributed by atoms with E-state index in [4.69, 9.17) is 9.15 Å². The molecule has 2 fully saturated rings. The molecule has 0 saturated carbocycles. The summed E-state index contributed by atoms with van der Waals surface area (Å²) >= 11 is 0. The highest BCUT2D eigenvalue weighted by atomic mass is 32.2. The number of hydrogen-bond donors (Lipinski definition) is 1. The van der Waals surface area contributed by atoms with Crippen molar-refractivity contribution in [2.24, 2.45) is 0 Å². The molecule has 27 heavy (non-hydrogen) atoms. The summed E-state index contributed by atoms with van der Waals surface area (Å²) in [6.45, 7) is 2.75. The Labute approximate surface area is 157 Å². The van der Waals surface area contributed by atoms with E-state index in [0.717, 1.165) is 32.4 Å². The van der Waals surface area contributed by atoms with Gasteiger partial charge in [-0.15, -0.1) is 0 Å². The molecule has 1 N–H and O–H groups in total. The van der Waals surface area contributed by atoms with Crippen LogP contribution in [0, 0.1) is 0 Å². The number of H-pyrrole nitrogens is 1. The summed E-state index contributed by atoms with van der Waals surface area (Å²) in [6.07, 6.45) is 4.57. The predicted octanol–water partition coefficient (Wildman–Crippen LogP) is 1.32. The van der Waals surface area contributed by atoms with Crippen LogP contribution in [0.3, 0.4) is 0 Å². The van der Waals surface area contributed by atoms with Gasteiger partial charge in [0.1, 0.15) is 5.69 Å². The van der Waals surface area contributed by atoms with E-state index in [1.807, 2.05) is 0 Å². The number of sulfonamides is 1. The van der Waals surface area contributed by atoms with Crippen molar-refractivity contribution in [1.82, 2.24) is 19.4 Å². The average molecular weight is 394 g/mol. The lowest BCUT2D eigenvalue weighted by molar-refractivity contribution is 0.0722. The first-order valence-electron chi connectivity index (χ1n) is 9.08. The number of rotatable bonds is 4. The lowest BCUT2D eigenvalue weighted by Crippen LogP contribution is -2.40. The molecule has 0 aliphatic carbocycles. The van der Waals surface area contributed by atoms with Crippen molar-refractivity contribution in [2.75, 3.05) is 39.4 Å². The quantitative estimate of drug-likeness (QED) is 0.838. The third-order valence-corrected chi connectivity index (χ3v) is 6.68. The van der Waals surface area contributed by atoms with Gasteiger partial charge in [0.05, 0.1) is 25.0 Å². The molecule has 0 unspecified atom stereocenters. The Morgan fingerprint density at radius 3 is 2.56 bits per heavy atom. The average Bonchev–Trinajstić information content (AvgIpc) is 3.38. The molecule has 9 nitrogen and oxygen atoms in total. The third kappa shape index (κ3) is 3.52. The normalized spacial score (nSPS) is 19.3. The zero-order chi connectivity index (χ0) is 18.9. The molecule has 2 aliphatic heterocycles. The number of likely N-dealkylation sites (tertiary alicyclic amines) is 1. The third-order valence-electron chi connectivity index (χ3n) is 4.90. The van der Waals surface area contributed by atoms with Gasteiger partial charge in [-0.3, -0.25) is 9.89 Å². The number of carbonyl (C=O) groups is 1. The zero-order valence-electron chi connectivity index (χ0n) is 14.9. The van der Waals surface area contributed by atoms with Gasteiger partial charge < -0.3 is 14.1 Å². The van der Waals surface area contributed by atoms with Gasteiger partial charge in [-0.2, -0.15) is 9.40 Å². The standard InChI is InChI=1S/C17H22N4O5S/c22-17(20-6-2-1-3-7-20)13-12-18-19-16(13)14-4-5-15(26-14)27(23,24)21-8-10-25-11-9-21/h4-5,12H,1-3,6-11H2,(H,18,19). The van der Waals surface area contributed by atoms with Crippen molar-refractivity contribution in [2.45, 2.75) is 24.4 Å². The molecule has 1 amide bonds. The van der Waals surface area contributed by atoms with Crippen molar-refractivity contribution in [1.29, 1.82) is 0 Å². The number of ether oxygens (including phenoxy) is 1. The Morgan fingerprint density at radius 1 is 1.07 bits per heavy atom. The van der Waals surface area contributed by atoms with Crippen LogP contribution in [0.25, 0.3) is 11.5 Å². The van der Waals surface area contributed by atoms with Crippen molar-refractivity contribution in [3.8, 4) is 11.5 Å². The maximum Gasteiger partial charge on any atom is 0.276 e. The molecule has 0 aromatic carbocycles. The number of morpholine rings is 1. The van der Waals surface area contributed by atoms with Crippen LogP contribution >= 0.6 is 0 Å². The molecule has 2 aromatic rings. The number of aromatic amines is 1. The number of hydrogen-bond acceptors (Lipinski definition) is 6. The summed E-state index contributed by atoms with van der Waals surface area (Å²) in [5.41, 5.74) is 0.788. The molecule has 2 aliphatic rings. The van der Waals surface area contributed by atoms with Crippen LogP contribution in [-0.2, 0) is 14.8 Å². The van der Waals surface area contributed by atoms with Gasteiger partial charge in [-0.05, 0) is 31.4 Å². The summed E-state index contributed by atoms with van der Waals surface area (Å²) in [6, 6.07) is 2.96. The minimum Gasteiger partial charge on any atom is -0.442 e. The van der Waals surface area contributed by atoms with Gasteiger partial charge in [0.25, 0.3) is 15.9 Å². The largest absolute Gasteiger partial charge is 0.442 e. The molecule has 4 rings (SSSR count). The van der Waals surface area contributed by atoms with Gasteiger partial charge >= 0.3 is 0 Å². The van der Waals surface area contributed by atoms with Gasteiger partial charge in [-0.1, -0.05) is 0 Å². The van der Waals surface area contributed by atoms with E-state index in [1.165, 1.54) is 16.6 Å². The van der Waals surface area contributed by atoms with E-state index in [9.17, 15) is 13.2 Å². The Morgan fingerprint density at radius 2 is 1.81 bits per heavy atom. The fraction of sp³-hybridized carbons (Fsp3) is 0.529. The van der Waals surface area contributed by atoms with Crippen LogP contribution in [-0.4, -0.2) is 73.1 Å². The van der Waals surface area contributed by atoms with Crippen LogP contribution in [0.5, 0.6) is 0 Å². The molecule has 2 aromatic heterocycles. The van der Waals surface area contributed by atoms with Crippen molar-refractivity contribution in [3.63, 3.8) is 0 Å². The van der Waals surface area contributed by atoms with Crippen LogP contribution < -0.4 is 0 Å². The highest BCUT2D eigenvalue weighted by Gasteiger charge is 2.30. The summed E-state index contributed by atoms with van der Waals surface area (Å²) in [5.74, 6) is 0.159. The monoisotopic (exact) mass is 394 g/mol. The molecular formula is C17H22N4O5S. The van der Waals surface area contributed by atoms with Crippen LogP contribution in [0.4, 0.5) is 0 Å². The first kappa shape index (κ1) is 18.2. The molecule has 0 atom stereocenters. The van der Waals surface area contributed by atoms with Gasteiger partial charge in [-0.25, -0.2) is 8.42 Å². The van der Waals surface area contributed by atoms with Gasteiger partial charge in [0.15, 0.2) is 5.76 Å². The molecular weight excluding hydrogens is 372 g/mol. The minimum atomic E-state index is -3.73. The number of aromatic nitrogens is 2. The highest BCUT2D eigenvalue weighted by molar-refractivity contribution is 7.89. The van der Waals surface area contributed by atoms with E-state index in [1.54, 1.807) is 11.0 Å². The van der Waals surface area contributed by atoms with E-state index in [0.29, 0.717) is 37.6 Å². The number of furan rings is 1. The second-order valence-corrected chi connectivity index (χ2v) is 8.52. The summed E-state index contributed by atoms with van der Waals surface area (Å²) in [5, 5.41) is 6.59. The molecule has 0 radical (unpaired) electrons. The highest BCUT2D eigenvalue weighted by Crippen LogP contribution is 2.28. The summed E-state index contributed by atoms with van der Waals surface area (Å²) < 4.78 is 37.6. The molecule has 4 heterocycles. The smallest absolute Gasteiger partial charge is 0.276 e. The van der Waals surface area contributed by atoms with Crippen LogP contribution in [0.15, 0.2) is 27.8 Å². The second-order valence-electron chi connectivity index (χ2n) is 6.65. The maximum atomic E-state index is 12.8. The first-order chi connectivity index (χ1) is 13.1. The first-order valence-corrected chi connectivity index (χ1v) is 10.5. The van der Waals surface area contributed by atoms with E-state index in [-0.39, 0.29) is 16.8 Å². The topological polar surface area (TPSA) is 109 Å². The molecule has 0 bridgehead atoms. The van der Waals surface area contributed by atoms with E-state index >= 15 is 0 Å². The lowest BCUT2D eigenvalue weighted by Gasteiger charge is -2.26. The van der Waals surface area contributed by atoms with Crippen LogP contribution in [0.1, 0.15) is 29.6 Å². The molecule has 146 valence electrons. The summed E-state index contributed by atoms with van der Waals surface area (Å²) in [7, 11) is -3.73. The number of amides is 1.